The molecule has 1 unspecified atom stereocenters. The molecule has 8 heteroatoms. The van der Waals surface area contributed by atoms with Crippen LogP contribution in [0.5, 0.6) is 5.75 Å². The Morgan fingerprint density at radius 2 is 1.94 bits per heavy atom. The minimum absolute atomic E-state index is 0.0524. The van der Waals surface area contributed by atoms with Crippen LogP contribution < -0.4 is 15.4 Å². The zero-order valence-corrected chi connectivity index (χ0v) is 19.5. The number of hydrogen-bond donors (Lipinski definition) is 2. The number of aromatic nitrogens is 1. The van der Waals surface area contributed by atoms with Gasteiger partial charge in [0.05, 0.1) is 29.7 Å². The van der Waals surface area contributed by atoms with E-state index in [4.69, 9.17) is 9.47 Å². The number of thiazole rings is 1. The van der Waals surface area contributed by atoms with Gasteiger partial charge < -0.3 is 20.1 Å². The predicted molar refractivity (Wildman–Crippen MR) is 129 cm³/mol. The number of carbonyl (C=O) groups is 2. The van der Waals surface area contributed by atoms with Crippen molar-refractivity contribution in [3.05, 3.63) is 64.7 Å². The van der Waals surface area contributed by atoms with Crippen LogP contribution in [0.2, 0.25) is 0 Å². The largest absolute Gasteiger partial charge is 0.494 e. The van der Waals surface area contributed by atoms with Crippen molar-refractivity contribution in [2.24, 2.45) is 0 Å². The van der Waals surface area contributed by atoms with Crippen LogP contribution in [0.4, 0.5) is 5.69 Å². The van der Waals surface area contributed by atoms with Crippen molar-refractivity contribution < 1.29 is 19.1 Å². The van der Waals surface area contributed by atoms with Crippen LogP contribution in [0.25, 0.3) is 10.6 Å². The van der Waals surface area contributed by atoms with E-state index in [-0.39, 0.29) is 17.9 Å². The molecule has 2 N–H and O–H groups in total. The number of amides is 2. The molecule has 2 aromatic carbocycles. The lowest BCUT2D eigenvalue weighted by atomic mass is 10.1. The lowest BCUT2D eigenvalue weighted by molar-refractivity contribution is 0.0858. The predicted octanol–water partition coefficient (Wildman–Crippen LogP) is 4.68. The van der Waals surface area contributed by atoms with Crippen molar-refractivity contribution in [2.45, 2.75) is 32.8 Å². The summed E-state index contributed by atoms with van der Waals surface area (Å²) in [7, 11) is 0. The van der Waals surface area contributed by atoms with Gasteiger partial charge in [0, 0.05) is 18.7 Å². The second-order valence-electron chi connectivity index (χ2n) is 7.74. The van der Waals surface area contributed by atoms with Gasteiger partial charge in [0.2, 0.25) is 0 Å². The maximum Gasteiger partial charge on any atom is 0.267 e. The highest BCUT2D eigenvalue weighted by Crippen LogP contribution is 2.30. The summed E-state index contributed by atoms with van der Waals surface area (Å²) in [5.74, 6) is 0.265. The number of rotatable bonds is 8. The van der Waals surface area contributed by atoms with Crippen molar-refractivity contribution >= 4 is 28.8 Å². The van der Waals surface area contributed by atoms with Gasteiger partial charge in [-0.25, -0.2) is 4.98 Å². The van der Waals surface area contributed by atoms with E-state index in [9.17, 15) is 9.59 Å². The average Bonchev–Trinajstić information content (AvgIpc) is 3.48. The highest BCUT2D eigenvalue weighted by atomic mass is 32.1. The fourth-order valence-electron chi connectivity index (χ4n) is 3.67. The van der Waals surface area contributed by atoms with Crippen molar-refractivity contribution in [2.75, 3.05) is 25.1 Å². The zero-order valence-electron chi connectivity index (χ0n) is 18.7. The molecule has 2 heterocycles. The highest BCUT2D eigenvalue weighted by molar-refractivity contribution is 7.17. The SMILES string of the molecule is CCOc1ccc(-c2nc(C)c(C(=O)Nc3ccccc3C(=O)NCC3CCCO3)s2)cc1. The molecule has 7 nitrogen and oxygen atoms in total. The van der Waals surface area contributed by atoms with Crippen molar-refractivity contribution in [3.8, 4) is 16.3 Å². The first-order valence-corrected chi connectivity index (χ1v) is 11.9. The Hall–Kier alpha value is -3.23. The first-order chi connectivity index (χ1) is 16.0. The number of benzene rings is 2. The zero-order chi connectivity index (χ0) is 23.2. The van der Waals surface area contributed by atoms with E-state index in [2.05, 4.69) is 15.6 Å². The molecular formula is C25H27N3O4S. The van der Waals surface area contributed by atoms with Gasteiger partial charge in [-0.2, -0.15) is 0 Å². The smallest absolute Gasteiger partial charge is 0.267 e. The second kappa shape index (κ2) is 10.6. The van der Waals surface area contributed by atoms with Gasteiger partial charge in [0.15, 0.2) is 0 Å². The molecule has 1 fully saturated rings. The van der Waals surface area contributed by atoms with Crippen LogP contribution in [-0.4, -0.2) is 42.7 Å². The summed E-state index contributed by atoms with van der Waals surface area (Å²) in [5.41, 5.74) is 2.43. The number of ether oxygens (including phenoxy) is 2. The summed E-state index contributed by atoms with van der Waals surface area (Å²) < 4.78 is 11.1. The monoisotopic (exact) mass is 465 g/mol. The van der Waals surface area contributed by atoms with E-state index in [0.29, 0.717) is 35.0 Å². The van der Waals surface area contributed by atoms with Crippen LogP contribution in [0.1, 0.15) is 45.5 Å². The summed E-state index contributed by atoms with van der Waals surface area (Å²) >= 11 is 1.32. The fraction of sp³-hybridized carbons (Fsp3) is 0.320. The Kier molecular flexibility index (Phi) is 7.36. The molecule has 0 radical (unpaired) electrons. The van der Waals surface area contributed by atoms with Crippen molar-refractivity contribution in [3.63, 3.8) is 0 Å². The van der Waals surface area contributed by atoms with Gasteiger partial charge in [-0.3, -0.25) is 9.59 Å². The third-order valence-electron chi connectivity index (χ3n) is 5.35. The summed E-state index contributed by atoms with van der Waals surface area (Å²) in [6, 6.07) is 14.6. The van der Waals surface area contributed by atoms with E-state index in [1.165, 1.54) is 11.3 Å². The van der Waals surface area contributed by atoms with Crippen LogP contribution in [0, 0.1) is 6.92 Å². The number of anilines is 1. The van der Waals surface area contributed by atoms with Crippen LogP contribution in [0.3, 0.4) is 0 Å². The molecule has 1 atom stereocenters. The molecule has 172 valence electrons. The number of nitrogens with one attached hydrogen (secondary N) is 2. The minimum Gasteiger partial charge on any atom is -0.494 e. The van der Waals surface area contributed by atoms with E-state index in [0.717, 1.165) is 35.8 Å². The molecule has 1 aliphatic rings. The lowest BCUT2D eigenvalue weighted by Crippen LogP contribution is -2.32. The van der Waals surface area contributed by atoms with E-state index in [1.807, 2.05) is 38.1 Å². The Morgan fingerprint density at radius 3 is 2.67 bits per heavy atom. The highest BCUT2D eigenvalue weighted by Gasteiger charge is 2.21. The summed E-state index contributed by atoms with van der Waals surface area (Å²) in [6.07, 6.45) is 2.01. The third-order valence-corrected chi connectivity index (χ3v) is 6.55. The molecular weight excluding hydrogens is 438 g/mol. The molecule has 0 aliphatic carbocycles. The molecule has 0 bridgehead atoms. The molecule has 33 heavy (non-hydrogen) atoms. The number of hydrogen-bond acceptors (Lipinski definition) is 6. The summed E-state index contributed by atoms with van der Waals surface area (Å²) in [5, 5.41) is 6.55. The standard InChI is InChI=1S/C25H27N3O4S/c1-3-31-18-12-10-17(11-13-18)25-27-16(2)22(33-25)24(30)28-21-9-5-4-8-20(21)23(29)26-15-19-7-6-14-32-19/h4-5,8-13,19H,3,6-7,14-15H2,1-2H3,(H,26,29)(H,28,30). The van der Waals surface area contributed by atoms with Gasteiger partial charge in [0.1, 0.15) is 15.6 Å². The molecule has 1 saturated heterocycles. The van der Waals surface area contributed by atoms with Crippen LogP contribution >= 0.6 is 11.3 Å². The molecule has 1 aliphatic heterocycles. The average molecular weight is 466 g/mol. The third kappa shape index (κ3) is 5.58. The number of nitrogens with zero attached hydrogens (tertiary/aromatic N) is 1. The maximum absolute atomic E-state index is 13.0. The summed E-state index contributed by atoms with van der Waals surface area (Å²) in [4.78, 5) is 30.9. The second-order valence-corrected chi connectivity index (χ2v) is 8.73. The first-order valence-electron chi connectivity index (χ1n) is 11.1. The van der Waals surface area contributed by atoms with Gasteiger partial charge in [-0.1, -0.05) is 12.1 Å². The van der Waals surface area contributed by atoms with Crippen LogP contribution in [0.15, 0.2) is 48.5 Å². The topological polar surface area (TPSA) is 89.5 Å². The number of para-hydroxylation sites is 1. The van der Waals surface area contributed by atoms with Gasteiger partial charge >= 0.3 is 0 Å². The minimum atomic E-state index is -0.290. The molecule has 0 saturated carbocycles. The molecule has 3 aromatic rings. The Bertz CT molecular complexity index is 1120. The molecule has 4 rings (SSSR count). The maximum atomic E-state index is 13.0. The normalized spacial score (nSPS) is 15.3. The number of carbonyl (C=O) groups excluding carboxylic acids is 2. The number of aryl methyl sites for hydroxylation is 1. The van der Waals surface area contributed by atoms with Gasteiger partial charge in [-0.05, 0) is 63.1 Å². The van der Waals surface area contributed by atoms with Gasteiger partial charge in [-0.15, -0.1) is 11.3 Å². The van der Waals surface area contributed by atoms with E-state index < -0.39 is 0 Å². The Balaban J connectivity index is 1.47. The van der Waals surface area contributed by atoms with Gasteiger partial charge in [0.25, 0.3) is 11.8 Å². The van der Waals surface area contributed by atoms with Crippen LogP contribution in [-0.2, 0) is 4.74 Å². The fourth-order valence-corrected chi connectivity index (χ4v) is 4.63. The quantitative estimate of drug-likeness (QED) is 0.504. The molecule has 2 amide bonds. The Morgan fingerprint density at radius 1 is 1.15 bits per heavy atom. The lowest BCUT2D eigenvalue weighted by Gasteiger charge is -2.13. The molecule has 0 spiro atoms. The van der Waals surface area contributed by atoms with E-state index >= 15 is 0 Å². The van der Waals surface area contributed by atoms with E-state index in [1.54, 1.807) is 24.3 Å². The van der Waals surface area contributed by atoms with Crippen molar-refractivity contribution in [1.82, 2.24) is 10.3 Å². The summed E-state index contributed by atoms with van der Waals surface area (Å²) in [6.45, 7) is 5.55. The van der Waals surface area contributed by atoms with Crippen molar-refractivity contribution in [1.29, 1.82) is 0 Å². The first kappa shape index (κ1) is 22.9. The Labute approximate surface area is 197 Å². The molecule has 1 aromatic heterocycles.